The molecule has 0 radical (unpaired) electrons. The summed E-state index contributed by atoms with van der Waals surface area (Å²) in [5, 5.41) is 3.95. The second-order valence-corrected chi connectivity index (χ2v) is 9.37. The van der Waals surface area contributed by atoms with Gasteiger partial charge in [-0.1, -0.05) is 102 Å². The molecule has 0 aromatic heterocycles. The van der Waals surface area contributed by atoms with E-state index < -0.39 is 7.92 Å². The van der Waals surface area contributed by atoms with Gasteiger partial charge in [-0.3, -0.25) is 0 Å². The Bertz CT molecular complexity index is 693. The lowest BCUT2D eigenvalue weighted by Crippen LogP contribution is -2.23. The molecule has 0 aliphatic rings. The van der Waals surface area contributed by atoms with Crippen molar-refractivity contribution in [1.82, 2.24) is 0 Å². The predicted octanol–water partition coefficient (Wildman–Crippen LogP) is 5.73. The average molecular weight is 499 g/mol. The molecular formula is C18H12Br3P. The van der Waals surface area contributed by atoms with Crippen LogP contribution in [0.4, 0.5) is 0 Å². The van der Waals surface area contributed by atoms with E-state index >= 15 is 0 Å². The number of rotatable bonds is 3. The minimum atomic E-state index is -0.649. The van der Waals surface area contributed by atoms with Crippen LogP contribution in [-0.4, -0.2) is 0 Å². The van der Waals surface area contributed by atoms with Gasteiger partial charge >= 0.3 is 0 Å². The molecule has 3 aromatic rings. The molecule has 3 aromatic carbocycles. The van der Waals surface area contributed by atoms with Crippen LogP contribution in [0.3, 0.4) is 0 Å². The van der Waals surface area contributed by atoms with Gasteiger partial charge < -0.3 is 0 Å². The van der Waals surface area contributed by atoms with E-state index in [2.05, 4.69) is 121 Å². The van der Waals surface area contributed by atoms with Crippen LogP contribution in [0, 0.1) is 0 Å². The van der Waals surface area contributed by atoms with E-state index in [1.807, 2.05) is 0 Å². The highest BCUT2D eigenvalue weighted by Gasteiger charge is 2.22. The molecule has 22 heavy (non-hydrogen) atoms. The van der Waals surface area contributed by atoms with Crippen LogP contribution in [0.25, 0.3) is 0 Å². The third-order valence-electron chi connectivity index (χ3n) is 3.28. The zero-order chi connectivity index (χ0) is 15.5. The maximum atomic E-state index is 3.73. The van der Waals surface area contributed by atoms with Crippen molar-refractivity contribution >= 4 is 71.6 Å². The molecule has 0 aliphatic heterocycles. The number of benzene rings is 3. The van der Waals surface area contributed by atoms with Crippen LogP contribution >= 0.6 is 55.7 Å². The monoisotopic (exact) mass is 496 g/mol. The Morgan fingerprint density at radius 3 is 1.00 bits per heavy atom. The van der Waals surface area contributed by atoms with Crippen LogP contribution in [0.1, 0.15) is 0 Å². The summed E-state index contributed by atoms with van der Waals surface area (Å²) in [6, 6.07) is 25.4. The summed E-state index contributed by atoms with van der Waals surface area (Å²) in [6.45, 7) is 0. The minimum Gasteiger partial charge on any atom is -0.0615 e. The average Bonchev–Trinajstić information content (AvgIpc) is 2.53. The summed E-state index contributed by atoms with van der Waals surface area (Å²) in [7, 11) is -0.649. The molecule has 0 atom stereocenters. The van der Waals surface area contributed by atoms with E-state index in [0.717, 1.165) is 13.4 Å². The molecule has 0 spiro atoms. The number of hydrogen-bond acceptors (Lipinski definition) is 0. The Hall–Kier alpha value is -0.470. The van der Waals surface area contributed by atoms with E-state index in [-0.39, 0.29) is 0 Å². The Kier molecular flexibility index (Phi) is 5.51. The molecule has 0 nitrogen and oxygen atoms in total. The Labute approximate surface area is 157 Å². The standard InChI is InChI=1S/C18H12Br3P/c19-13-7-1-4-10-16(13)22(17-11-5-2-8-14(17)20)18-12-6-3-9-15(18)21/h1-12H. The normalized spacial score (nSPS) is 10.9. The maximum absolute atomic E-state index is 3.73. The molecule has 0 saturated heterocycles. The largest absolute Gasteiger partial charge is 0.0615 e. The van der Waals surface area contributed by atoms with Crippen molar-refractivity contribution in [3.63, 3.8) is 0 Å². The van der Waals surface area contributed by atoms with Gasteiger partial charge in [-0.2, -0.15) is 0 Å². The topological polar surface area (TPSA) is 0 Å². The smallest absolute Gasteiger partial charge is 0.0258 e. The molecule has 0 bridgehead atoms. The van der Waals surface area contributed by atoms with E-state index in [1.54, 1.807) is 0 Å². The fraction of sp³-hybridized carbons (Fsp3) is 0. The van der Waals surface area contributed by atoms with Gasteiger partial charge in [-0.05, 0) is 42.0 Å². The maximum Gasteiger partial charge on any atom is 0.0258 e. The van der Waals surface area contributed by atoms with Crippen LogP contribution < -0.4 is 15.9 Å². The van der Waals surface area contributed by atoms with Crippen LogP contribution in [0.5, 0.6) is 0 Å². The molecular weight excluding hydrogens is 487 g/mol. The van der Waals surface area contributed by atoms with Gasteiger partial charge in [-0.25, -0.2) is 0 Å². The Morgan fingerprint density at radius 2 is 0.727 bits per heavy atom. The third kappa shape index (κ3) is 3.38. The van der Waals surface area contributed by atoms with Gasteiger partial charge in [0, 0.05) is 13.4 Å². The molecule has 0 saturated carbocycles. The van der Waals surface area contributed by atoms with Gasteiger partial charge in [-0.15, -0.1) is 0 Å². The van der Waals surface area contributed by atoms with Gasteiger partial charge in [0.05, 0.1) is 0 Å². The van der Waals surface area contributed by atoms with Gasteiger partial charge in [0.25, 0.3) is 0 Å². The Morgan fingerprint density at radius 1 is 0.455 bits per heavy atom. The lowest BCUT2D eigenvalue weighted by atomic mass is 10.4. The molecule has 110 valence electrons. The van der Waals surface area contributed by atoms with E-state index in [4.69, 9.17) is 0 Å². The van der Waals surface area contributed by atoms with Crippen LogP contribution in [0.15, 0.2) is 86.2 Å². The second-order valence-electron chi connectivity index (χ2n) is 4.69. The number of hydrogen-bond donors (Lipinski definition) is 0. The molecule has 0 heterocycles. The van der Waals surface area contributed by atoms with Crippen molar-refractivity contribution in [2.45, 2.75) is 0 Å². The van der Waals surface area contributed by atoms with Crippen LogP contribution in [0.2, 0.25) is 0 Å². The lowest BCUT2D eigenvalue weighted by molar-refractivity contribution is 1.68. The fourth-order valence-electron chi connectivity index (χ4n) is 2.29. The minimum absolute atomic E-state index is 0.649. The first-order chi connectivity index (χ1) is 10.7. The summed E-state index contributed by atoms with van der Waals surface area (Å²) in [6.07, 6.45) is 0. The number of halogens is 3. The predicted molar refractivity (Wildman–Crippen MR) is 108 cm³/mol. The zero-order valence-electron chi connectivity index (χ0n) is 11.5. The lowest BCUT2D eigenvalue weighted by Gasteiger charge is -2.22. The van der Waals surface area contributed by atoms with Gasteiger partial charge in [0.2, 0.25) is 0 Å². The molecule has 0 amide bonds. The van der Waals surface area contributed by atoms with E-state index in [0.29, 0.717) is 0 Å². The summed E-state index contributed by atoms with van der Waals surface area (Å²) in [5.74, 6) is 0. The fourth-order valence-corrected chi connectivity index (χ4v) is 7.09. The second kappa shape index (κ2) is 7.40. The molecule has 4 heteroatoms. The first kappa shape index (κ1) is 16.4. The summed E-state index contributed by atoms with van der Waals surface area (Å²) in [5.41, 5.74) is 0. The van der Waals surface area contributed by atoms with Gasteiger partial charge in [0.1, 0.15) is 0 Å². The highest BCUT2D eigenvalue weighted by atomic mass is 79.9. The highest BCUT2D eigenvalue weighted by Crippen LogP contribution is 2.39. The van der Waals surface area contributed by atoms with E-state index in [9.17, 15) is 0 Å². The van der Waals surface area contributed by atoms with Crippen molar-refractivity contribution in [1.29, 1.82) is 0 Å². The van der Waals surface area contributed by atoms with Crippen molar-refractivity contribution < 1.29 is 0 Å². The summed E-state index contributed by atoms with van der Waals surface area (Å²) >= 11 is 11.2. The summed E-state index contributed by atoms with van der Waals surface area (Å²) in [4.78, 5) is 0. The molecule has 3 rings (SSSR count). The van der Waals surface area contributed by atoms with Crippen molar-refractivity contribution in [2.75, 3.05) is 0 Å². The zero-order valence-corrected chi connectivity index (χ0v) is 17.2. The Balaban J connectivity index is 2.27. The van der Waals surface area contributed by atoms with Gasteiger partial charge in [0.15, 0.2) is 0 Å². The first-order valence-corrected chi connectivity index (χ1v) is 10.4. The molecule has 0 unspecified atom stereocenters. The molecule has 0 aliphatic carbocycles. The molecule has 0 N–H and O–H groups in total. The van der Waals surface area contributed by atoms with Crippen molar-refractivity contribution in [3.8, 4) is 0 Å². The summed E-state index contributed by atoms with van der Waals surface area (Å²) < 4.78 is 3.44. The first-order valence-electron chi connectivity index (χ1n) is 6.72. The quantitative estimate of drug-likeness (QED) is 0.404. The van der Waals surface area contributed by atoms with E-state index in [1.165, 1.54) is 15.9 Å². The third-order valence-corrected chi connectivity index (χ3v) is 8.89. The SMILES string of the molecule is Brc1ccccc1P(c1ccccc1Br)c1ccccc1Br. The molecule has 0 fully saturated rings. The van der Waals surface area contributed by atoms with Crippen molar-refractivity contribution in [3.05, 3.63) is 86.2 Å². The highest BCUT2D eigenvalue weighted by molar-refractivity contribution is 9.11. The van der Waals surface area contributed by atoms with Crippen LogP contribution in [-0.2, 0) is 0 Å². The van der Waals surface area contributed by atoms with Crippen molar-refractivity contribution in [2.24, 2.45) is 0 Å².